The Hall–Kier alpha value is -7.40. The summed E-state index contributed by atoms with van der Waals surface area (Å²) >= 11 is 2.37. The Morgan fingerprint density at radius 1 is 0.655 bits per heavy atom. The van der Waals surface area contributed by atoms with Gasteiger partial charge in [0.25, 0.3) is 0 Å². The van der Waals surface area contributed by atoms with Crippen LogP contribution in [0.4, 0.5) is 0 Å². The fourth-order valence-electron chi connectivity index (χ4n) is 7.19. The van der Waals surface area contributed by atoms with Crippen LogP contribution in [-0.2, 0) is 22.6 Å². The standard InChI is InChI=1S/C42H30N8O6S2/c1-3-55-41(53)35-33(31-23(19-43)7-5-9-29(31)57-35)39-47-25-17-21(37(45)51)11-13-27(25)49(39)15-16-50-28-14-12-22(38(46)52)18-26(28)48-40(50)34-32-24(20-44)8-6-10-30(32)58-36(34)42(54)56-4-2/h5-14,17-18H,3-4,15-16H2,1-2H3,(H2,45,51)(H2,46,52). The second-order valence-corrected chi connectivity index (χ2v) is 15.0. The van der Waals surface area contributed by atoms with Crippen molar-refractivity contribution in [2.24, 2.45) is 11.5 Å². The summed E-state index contributed by atoms with van der Waals surface area (Å²) < 4.78 is 16.1. The van der Waals surface area contributed by atoms with E-state index in [4.69, 9.17) is 30.9 Å². The molecule has 4 heterocycles. The van der Waals surface area contributed by atoms with Crippen molar-refractivity contribution >= 4 is 88.7 Å². The normalized spacial score (nSPS) is 11.2. The maximum atomic E-state index is 13.6. The molecule has 16 heteroatoms. The molecule has 4 N–H and O–H groups in total. The number of nitrogens with two attached hydrogens (primary N) is 2. The van der Waals surface area contributed by atoms with Crippen molar-refractivity contribution in [2.45, 2.75) is 26.9 Å². The highest BCUT2D eigenvalue weighted by Crippen LogP contribution is 2.44. The number of hydrogen-bond donors (Lipinski definition) is 2. The smallest absolute Gasteiger partial charge is 0.349 e. The van der Waals surface area contributed by atoms with Crippen LogP contribution >= 0.6 is 22.7 Å². The number of nitrogens with zero attached hydrogens (tertiary/aromatic N) is 6. The molecule has 2 amide bonds. The number of imidazole rings is 2. The Balaban J connectivity index is 1.40. The van der Waals surface area contributed by atoms with Gasteiger partial charge in [-0.05, 0) is 74.5 Å². The van der Waals surface area contributed by atoms with Crippen molar-refractivity contribution in [1.29, 1.82) is 10.5 Å². The van der Waals surface area contributed by atoms with Crippen LogP contribution in [0.15, 0.2) is 72.8 Å². The van der Waals surface area contributed by atoms with Crippen molar-refractivity contribution in [3.05, 3.63) is 105 Å². The molecule has 4 aromatic heterocycles. The third-order valence-electron chi connectivity index (χ3n) is 9.65. The number of hydrogen-bond acceptors (Lipinski definition) is 12. The summed E-state index contributed by atoms with van der Waals surface area (Å²) in [4.78, 5) is 62.3. The number of carbonyl (C=O) groups excluding carboxylic acids is 4. The Morgan fingerprint density at radius 2 is 1.07 bits per heavy atom. The highest BCUT2D eigenvalue weighted by molar-refractivity contribution is 7.22. The zero-order valence-corrected chi connectivity index (χ0v) is 32.5. The number of primary amides is 2. The van der Waals surface area contributed by atoms with Crippen molar-refractivity contribution in [3.63, 3.8) is 0 Å². The van der Waals surface area contributed by atoms with Gasteiger partial charge in [-0.3, -0.25) is 9.59 Å². The molecule has 58 heavy (non-hydrogen) atoms. The number of esters is 2. The molecule has 4 aromatic carbocycles. The van der Waals surface area contributed by atoms with Gasteiger partial charge in [-0.15, -0.1) is 22.7 Å². The number of rotatable bonds is 11. The van der Waals surface area contributed by atoms with Gasteiger partial charge in [-0.2, -0.15) is 10.5 Å². The van der Waals surface area contributed by atoms with Crippen LogP contribution in [-0.4, -0.2) is 56.1 Å². The number of aryl methyl sites for hydroxylation is 2. The Morgan fingerprint density at radius 3 is 1.43 bits per heavy atom. The minimum atomic E-state index is -0.653. The molecule has 8 rings (SSSR count). The molecule has 0 fully saturated rings. The van der Waals surface area contributed by atoms with Crippen molar-refractivity contribution in [2.75, 3.05) is 13.2 Å². The van der Waals surface area contributed by atoms with Crippen LogP contribution in [0, 0.1) is 22.7 Å². The molecule has 0 spiro atoms. The van der Waals surface area contributed by atoms with Crippen LogP contribution in [0.2, 0.25) is 0 Å². The van der Waals surface area contributed by atoms with E-state index in [0.29, 0.717) is 76.1 Å². The van der Waals surface area contributed by atoms with Crippen molar-refractivity contribution in [1.82, 2.24) is 19.1 Å². The van der Waals surface area contributed by atoms with Gasteiger partial charge in [0, 0.05) is 44.4 Å². The monoisotopic (exact) mass is 806 g/mol. The molecule has 0 aliphatic rings. The first kappa shape index (κ1) is 37.5. The maximum absolute atomic E-state index is 13.6. The molecule has 0 atom stereocenters. The predicted octanol–water partition coefficient (Wildman–Crippen LogP) is 7.14. The topological polar surface area (TPSA) is 222 Å². The molecule has 8 aromatic rings. The molecule has 0 aliphatic heterocycles. The Kier molecular flexibility index (Phi) is 9.65. The van der Waals surface area contributed by atoms with Crippen molar-refractivity contribution < 1.29 is 28.7 Å². The zero-order valence-electron chi connectivity index (χ0n) is 30.9. The van der Waals surface area contributed by atoms with E-state index in [2.05, 4.69) is 12.1 Å². The highest BCUT2D eigenvalue weighted by atomic mass is 32.1. The van der Waals surface area contributed by atoms with E-state index in [1.807, 2.05) is 21.3 Å². The van der Waals surface area contributed by atoms with Crippen molar-refractivity contribution in [3.8, 4) is 34.9 Å². The number of ether oxygens (including phenoxy) is 2. The number of fused-ring (bicyclic) bond motifs is 4. The number of amides is 2. The van der Waals surface area contributed by atoms with E-state index >= 15 is 0 Å². The molecule has 0 saturated carbocycles. The first-order valence-corrected chi connectivity index (χ1v) is 19.6. The largest absolute Gasteiger partial charge is 0.462 e. The van der Waals surface area contributed by atoms with Gasteiger partial charge in [0.05, 0.1) is 69.7 Å². The van der Waals surface area contributed by atoms with Crippen LogP contribution in [0.5, 0.6) is 0 Å². The fourth-order valence-corrected chi connectivity index (χ4v) is 9.43. The average Bonchev–Trinajstić information content (AvgIpc) is 3.99. The van der Waals surface area contributed by atoms with Gasteiger partial charge in [0.2, 0.25) is 11.8 Å². The second kappa shape index (κ2) is 14.9. The Labute approximate surface area is 337 Å². The molecular weight excluding hydrogens is 777 g/mol. The first-order chi connectivity index (χ1) is 28.1. The van der Waals surface area contributed by atoms with Crippen LogP contribution < -0.4 is 11.5 Å². The molecule has 0 aliphatic carbocycles. The number of nitriles is 2. The summed E-state index contributed by atoms with van der Waals surface area (Å²) in [6, 6.07) is 24.7. The van der Waals surface area contributed by atoms with Crippen LogP contribution in [0.1, 0.15) is 65.0 Å². The van der Waals surface area contributed by atoms with E-state index in [9.17, 15) is 29.7 Å². The molecule has 286 valence electrons. The number of aromatic nitrogens is 4. The fraction of sp³-hybridized carbons (Fsp3) is 0.143. The average molecular weight is 807 g/mol. The number of benzene rings is 4. The minimum Gasteiger partial charge on any atom is -0.462 e. The number of thiophene rings is 2. The molecule has 0 radical (unpaired) electrons. The van der Waals surface area contributed by atoms with Gasteiger partial charge < -0.3 is 30.1 Å². The minimum absolute atomic E-state index is 0.114. The molecular formula is C42H30N8O6S2. The van der Waals surface area contributed by atoms with E-state index in [0.717, 1.165) is 0 Å². The van der Waals surface area contributed by atoms with E-state index in [1.165, 1.54) is 22.7 Å². The van der Waals surface area contributed by atoms with E-state index < -0.39 is 23.8 Å². The van der Waals surface area contributed by atoms with Gasteiger partial charge in [-0.25, -0.2) is 19.6 Å². The summed E-state index contributed by atoms with van der Waals surface area (Å²) in [7, 11) is 0. The molecule has 0 unspecified atom stereocenters. The lowest BCUT2D eigenvalue weighted by Gasteiger charge is -2.15. The predicted molar refractivity (Wildman–Crippen MR) is 219 cm³/mol. The molecule has 0 saturated heterocycles. The first-order valence-electron chi connectivity index (χ1n) is 17.9. The zero-order chi connectivity index (χ0) is 40.8. The summed E-state index contributed by atoms with van der Waals surface area (Å²) in [5.74, 6) is -1.82. The van der Waals surface area contributed by atoms with Gasteiger partial charge in [-0.1, -0.05) is 12.1 Å². The highest BCUT2D eigenvalue weighted by Gasteiger charge is 2.30. The summed E-state index contributed by atoms with van der Waals surface area (Å²) in [6.07, 6.45) is 0. The second-order valence-electron chi connectivity index (χ2n) is 12.9. The lowest BCUT2D eigenvalue weighted by Crippen LogP contribution is -2.13. The quantitative estimate of drug-likeness (QED) is 0.126. The van der Waals surface area contributed by atoms with Gasteiger partial charge >= 0.3 is 11.9 Å². The maximum Gasteiger partial charge on any atom is 0.349 e. The third kappa shape index (κ3) is 6.17. The lowest BCUT2D eigenvalue weighted by atomic mass is 10.0. The third-order valence-corrected chi connectivity index (χ3v) is 11.9. The molecule has 14 nitrogen and oxygen atoms in total. The van der Waals surface area contributed by atoms with Gasteiger partial charge in [0.1, 0.15) is 21.4 Å². The summed E-state index contributed by atoms with van der Waals surface area (Å²) in [5.41, 5.74) is 15.2. The lowest BCUT2D eigenvalue weighted by molar-refractivity contribution is 0.0523. The summed E-state index contributed by atoms with van der Waals surface area (Å²) in [6.45, 7) is 3.96. The van der Waals surface area contributed by atoms with E-state index in [-0.39, 0.29) is 47.2 Å². The van der Waals surface area contributed by atoms with Gasteiger partial charge in [0.15, 0.2) is 0 Å². The Bertz CT molecular complexity index is 2930. The van der Waals surface area contributed by atoms with Crippen LogP contribution in [0.3, 0.4) is 0 Å². The summed E-state index contributed by atoms with van der Waals surface area (Å²) in [5, 5.41) is 21.5. The molecule has 0 bridgehead atoms. The van der Waals surface area contributed by atoms with Crippen LogP contribution in [0.25, 0.3) is 65.0 Å². The number of carbonyl (C=O) groups is 4. The van der Waals surface area contributed by atoms with E-state index in [1.54, 1.807) is 74.5 Å². The SMILES string of the molecule is CCOC(=O)c1sc2cccc(C#N)c2c1-c1nc2cc(C(N)=O)ccc2n1CCn1c(-c2c(C(=O)OCC)sc3cccc(C#N)c23)nc2cc(C(N)=O)ccc21.